The lowest BCUT2D eigenvalue weighted by Gasteiger charge is -2.13. The lowest BCUT2D eigenvalue weighted by molar-refractivity contribution is -0.143. The lowest BCUT2D eigenvalue weighted by atomic mass is 10.1. The number of unbranched alkanes of at least 4 members (excludes halogenated alkanes) is 2. The second-order valence-electron chi connectivity index (χ2n) is 6.25. The third kappa shape index (κ3) is 6.61. The number of nitrogens with two attached hydrogens (primary N) is 2. The molecule has 2 aromatic rings. The summed E-state index contributed by atoms with van der Waals surface area (Å²) in [5.74, 6) is 1.83. The van der Waals surface area contributed by atoms with Crippen LogP contribution < -0.4 is 20.9 Å². The number of benzene rings is 1. The van der Waals surface area contributed by atoms with Crippen molar-refractivity contribution in [2.24, 2.45) is 0 Å². The molecule has 2 rings (SSSR count). The normalized spacial score (nSPS) is 10.5. The molecule has 0 saturated carbocycles. The van der Waals surface area contributed by atoms with E-state index in [1.807, 2.05) is 25.1 Å². The Morgan fingerprint density at radius 1 is 1.14 bits per heavy atom. The molecule has 0 aliphatic heterocycles. The fourth-order valence-electron chi connectivity index (χ4n) is 2.73. The van der Waals surface area contributed by atoms with Crippen molar-refractivity contribution in [2.75, 3.05) is 31.8 Å². The molecule has 0 spiro atoms. The number of hydrogen-bond donors (Lipinski definition) is 2. The number of carbonyl (C=O) groups is 1. The molecule has 0 aliphatic rings. The van der Waals surface area contributed by atoms with Crippen LogP contribution in [-0.4, -0.2) is 36.3 Å². The molecule has 0 aliphatic carbocycles. The fraction of sp³-hybridized carbons (Fsp3) is 0.450. The number of methoxy groups -OCH3 is 1. The van der Waals surface area contributed by atoms with E-state index >= 15 is 0 Å². The van der Waals surface area contributed by atoms with E-state index in [0.717, 1.165) is 41.9 Å². The van der Waals surface area contributed by atoms with Gasteiger partial charge in [-0.1, -0.05) is 0 Å². The summed E-state index contributed by atoms with van der Waals surface area (Å²) in [5, 5.41) is 0. The molecule has 28 heavy (non-hydrogen) atoms. The van der Waals surface area contributed by atoms with Crippen LogP contribution in [0.3, 0.4) is 0 Å². The first kappa shape index (κ1) is 21.3. The molecule has 8 nitrogen and oxygen atoms in total. The quantitative estimate of drug-likeness (QED) is 0.445. The van der Waals surface area contributed by atoms with Crippen LogP contribution >= 0.6 is 0 Å². The van der Waals surface area contributed by atoms with Crippen molar-refractivity contribution >= 4 is 17.7 Å². The predicted octanol–water partition coefficient (Wildman–Crippen LogP) is 2.74. The second-order valence-corrected chi connectivity index (χ2v) is 6.25. The van der Waals surface area contributed by atoms with Crippen LogP contribution in [0.2, 0.25) is 0 Å². The van der Waals surface area contributed by atoms with Gasteiger partial charge in [-0.25, -0.2) is 4.98 Å². The number of nitrogens with zero attached hydrogens (tertiary/aromatic N) is 2. The molecule has 1 aromatic carbocycles. The van der Waals surface area contributed by atoms with Crippen molar-refractivity contribution in [3.63, 3.8) is 0 Å². The minimum absolute atomic E-state index is 0.144. The molecular weight excluding hydrogens is 360 g/mol. The summed E-state index contributed by atoms with van der Waals surface area (Å²) in [7, 11) is 1.62. The molecule has 1 heterocycles. The first-order chi connectivity index (χ1) is 13.5. The molecule has 0 radical (unpaired) electrons. The van der Waals surface area contributed by atoms with E-state index in [9.17, 15) is 4.79 Å². The van der Waals surface area contributed by atoms with Crippen molar-refractivity contribution < 1.29 is 19.0 Å². The van der Waals surface area contributed by atoms with Gasteiger partial charge in [0.15, 0.2) is 0 Å². The van der Waals surface area contributed by atoms with E-state index in [-0.39, 0.29) is 11.9 Å². The van der Waals surface area contributed by atoms with Gasteiger partial charge in [-0.05, 0) is 44.4 Å². The summed E-state index contributed by atoms with van der Waals surface area (Å²) in [6.45, 7) is 2.81. The summed E-state index contributed by atoms with van der Waals surface area (Å²) >= 11 is 0. The van der Waals surface area contributed by atoms with E-state index in [2.05, 4.69) is 9.97 Å². The molecule has 0 saturated heterocycles. The van der Waals surface area contributed by atoms with Crippen LogP contribution in [-0.2, 0) is 16.0 Å². The summed E-state index contributed by atoms with van der Waals surface area (Å²) in [6, 6.07) is 5.65. The van der Waals surface area contributed by atoms with Crippen LogP contribution in [0.5, 0.6) is 11.5 Å². The zero-order valence-electron chi connectivity index (χ0n) is 16.4. The Balaban J connectivity index is 1.88. The van der Waals surface area contributed by atoms with Crippen LogP contribution in [0.25, 0.3) is 0 Å². The summed E-state index contributed by atoms with van der Waals surface area (Å²) in [5.41, 5.74) is 13.2. The molecular formula is C20H28N4O4. The summed E-state index contributed by atoms with van der Waals surface area (Å²) < 4.78 is 16.2. The SMILES string of the molecule is CCOC(=O)CCCCCOc1ccc(OC)c(Cc2cnc(N)nc2N)c1. The Labute approximate surface area is 165 Å². The topological polar surface area (TPSA) is 123 Å². The predicted molar refractivity (Wildman–Crippen MR) is 107 cm³/mol. The van der Waals surface area contributed by atoms with Gasteiger partial charge in [-0.2, -0.15) is 4.98 Å². The van der Waals surface area contributed by atoms with E-state index in [0.29, 0.717) is 31.9 Å². The fourth-order valence-corrected chi connectivity index (χ4v) is 2.73. The van der Waals surface area contributed by atoms with Gasteiger partial charge in [-0.15, -0.1) is 0 Å². The number of anilines is 2. The molecule has 4 N–H and O–H groups in total. The molecule has 0 bridgehead atoms. The molecule has 0 fully saturated rings. The highest BCUT2D eigenvalue weighted by Gasteiger charge is 2.10. The third-order valence-electron chi connectivity index (χ3n) is 4.15. The number of rotatable bonds is 11. The molecule has 0 unspecified atom stereocenters. The monoisotopic (exact) mass is 388 g/mol. The van der Waals surface area contributed by atoms with E-state index < -0.39 is 0 Å². The van der Waals surface area contributed by atoms with E-state index in [4.69, 9.17) is 25.7 Å². The largest absolute Gasteiger partial charge is 0.496 e. The molecule has 0 atom stereocenters. The number of ether oxygens (including phenoxy) is 3. The highest BCUT2D eigenvalue weighted by atomic mass is 16.5. The van der Waals surface area contributed by atoms with Crippen LogP contribution in [0, 0.1) is 0 Å². The maximum absolute atomic E-state index is 11.3. The standard InChI is InChI=1S/C20H28N4O4/c1-3-27-18(25)7-5-4-6-10-28-16-8-9-17(26-2)14(12-16)11-15-13-23-20(22)24-19(15)21/h8-9,12-13H,3-7,10-11H2,1-2H3,(H4,21,22,23,24). The smallest absolute Gasteiger partial charge is 0.305 e. The highest BCUT2D eigenvalue weighted by Crippen LogP contribution is 2.27. The Morgan fingerprint density at radius 3 is 2.68 bits per heavy atom. The van der Waals surface area contributed by atoms with Crippen molar-refractivity contribution in [3.05, 3.63) is 35.5 Å². The maximum atomic E-state index is 11.3. The molecule has 0 amide bonds. The van der Waals surface area contributed by atoms with Crippen LogP contribution in [0.4, 0.5) is 11.8 Å². The minimum atomic E-state index is -0.144. The van der Waals surface area contributed by atoms with Gasteiger partial charge in [-0.3, -0.25) is 4.79 Å². The number of aromatic nitrogens is 2. The average molecular weight is 388 g/mol. The highest BCUT2D eigenvalue weighted by molar-refractivity contribution is 5.69. The Bertz CT molecular complexity index is 783. The van der Waals surface area contributed by atoms with Crippen LogP contribution in [0.15, 0.2) is 24.4 Å². The molecule has 152 valence electrons. The summed E-state index contributed by atoms with van der Waals surface area (Å²) in [4.78, 5) is 19.3. The minimum Gasteiger partial charge on any atom is -0.496 e. The average Bonchev–Trinajstić information content (AvgIpc) is 2.67. The van der Waals surface area contributed by atoms with Gasteiger partial charge in [0.25, 0.3) is 0 Å². The van der Waals surface area contributed by atoms with Gasteiger partial charge in [0.1, 0.15) is 17.3 Å². The Hall–Kier alpha value is -3.03. The van der Waals surface area contributed by atoms with Crippen molar-refractivity contribution in [1.29, 1.82) is 0 Å². The first-order valence-electron chi connectivity index (χ1n) is 9.35. The van der Waals surface area contributed by atoms with Gasteiger partial charge < -0.3 is 25.7 Å². The molecule has 1 aromatic heterocycles. The zero-order valence-corrected chi connectivity index (χ0v) is 16.4. The van der Waals surface area contributed by atoms with E-state index in [1.54, 1.807) is 13.3 Å². The zero-order chi connectivity index (χ0) is 20.4. The lowest BCUT2D eigenvalue weighted by Crippen LogP contribution is -2.05. The molecule has 8 heteroatoms. The van der Waals surface area contributed by atoms with Gasteiger partial charge in [0.2, 0.25) is 5.95 Å². The van der Waals surface area contributed by atoms with E-state index in [1.165, 1.54) is 0 Å². The van der Waals surface area contributed by atoms with Crippen molar-refractivity contribution in [1.82, 2.24) is 9.97 Å². The maximum Gasteiger partial charge on any atom is 0.305 e. The number of hydrogen-bond acceptors (Lipinski definition) is 8. The Kier molecular flexibility index (Phi) is 8.33. The number of carbonyl (C=O) groups excluding carboxylic acids is 1. The van der Waals surface area contributed by atoms with Gasteiger partial charge >= 0.3 is 5.97 Å². The second kappa shape index (κ2) is 11.0. The van der Waals surface area contributed by atoms with Gasteiger partial charge in [0.05, 0.1) is 20.3 Å². The number of esters is 1. The van der Waals surface area contributed by atoms with Crippen molar-refractivity contribution in [3.8, 4) is 11.5 Å². The van der Waals surface area contributed by atoms with Crippen LogP contribution in [0.1, 0.15) is 43.7 Å². The number of nitrogen functional groups attached to an aromatic ring is 2. The summed E-state index contributed by atoms with van der Waals surface area (Å²) in [6.07, 6.45) is 5.14. The van der Waals surface area contributed by atoms with Crippen molar-refractivity contribution in [2.45, 2.75) is 39.0 Å². The third-order valence-corrected chi connectivity index (χ3v) is 4.15. The van der Waals surface area contributed by atoms with Gasteiger partial charge in [0, 0.05) is 30.2 Å². The first-order valence-corrected chi connectivity index (χ1v) is 9.35. The Morgan fingerprint density at radius 2 is 1.96 bits per heavy atom.